The largest absolute Gasteiger partial charge is 0.359 e. The lowest BCUT2D eigenvalue weighted by atomic mass is 10.2. The number of carbonyl (C=O) groups excluding carboxylic acids is 2. The Bertz CT molecular complexity index is 401. The number of aryl methyl sites for hydroxylation is 1. The first-order valence-electron chi connectivity index (χ1n) is 5.89. The van der Waals surface area contributed by atoms with Gasteiger partial charge in [-0.25, -0.2) is 0 Å². The monoisotopic (exact) mass is 249 g/mol. The molecule has 0 spiro atoms. The average Bonchev–Trinajstić information content (AvgIpc) is 2.37. The number of hydrogen-bond acceptors (Lipinski definition) is 3. The van der Waals surface area contributed by atoms with Crippen molar-refractivity contribution in [3.05, 3.63) is 29.8 Å². The molecule has 0 unspecified atom stereocenters. The Morgan fingerprint density at radius 3 is 2.39 bits per heavy atom. The quantitative estimate of drug-likeness (QED) is 0.649. The maximum atomic E-state index is 11.5. The molecule has 0 aliphatic carbocycles. The van der Waals surface area contributed by atoms with Crippen molar-refractivity contribution < 1.29 is 9.59 Å². The average molecular weight is 249 g/mol. The van der Waals surface area contributed by atoms with E-state index in [0.29, 0.717) is 13.0 Å². The zero-order valence-electron chi connectivity index (χ0n) is 10.7. The van der Waals surface area contributed by atoms with Crippen molar-refractivity contribution in [1.29, 1.82) is 0 Å². The van der Waals surface area contributed by atoms with Gasteiger partial charge in [-0.15, -0.1) is 0 Å². The van der Waals surface area contributed by atoms with Gasteiger partial charge in [-0.05, 0) is 19.1 Å². The highest BCUT2D eigenvalue weighted by molar-refractivity contribution is 5.92. The lowest BCUT2D eigenvalue weighted by Crippen LogP contribution is -2.31. The zero-order chi connectivity index (χ0) is 13.4. The Morgan fingerprint density at radius 2 is 1.78 bits per heavy atom. The van der Waals surface area contributed by atoms with Gasteiger partial charge >= 0.3 is 0 Å². The smallest absolute Gasteiger partial charge is 0.238 e. The van der Waals surface area contributed by atoms with Crippen molar-refractivity contribution >= 4 is 17.5 Å². The standard InChI is InChI=1S/C13H19N3O2/c1-10-3-5-11(6-4-10)16-13(18)9-15-8-7-12(17)14-2/h3-6,15H,7-9H2,1-2H3,(H,14,17)(H,16,18). The van der Waals surface area contributed by atoms with E-state index in [1.807, 2.05) is 31.2 Å². The van der Waals surface area contributed by atoms with Crippen LogP contribution < -0.4 is 16.0 Å². The van der Waals surface area contributed by atoms with Crippen LogP contribution in [0, 0.1) is 6.92 Å². The van der Waals surface area contributed by atoms with Crippen molar-refractivity contribution in [2.45, 2.75) is 13.3 Å². The third-order valence-electron chi connectivity index (χ3n) is 2.43. The number of benzene rings is 1. The van der Waals surface area contributed by atoms with Gasteiger partial charge in [0.25, 0.3) is 0 Å². The molecule has 1 aromatic rings. The summed E-state index contributed by atoms with van der Waals surface area (Å²) in [5.41, 5.74) is 1.93. The molecule has 0 fully saturated rings. The van der Waals surface area contributed by atoms with Gasteiger partial charge in [0.15, 0.2) is 0 Å². The van der Waals surface area contributed by atoms with Crippen molar-refractivity contribution in [3.8, 4) is 0 Å². The summed E-state index contributed by atoms with van der Waals surface area (Å²) in [4.78, 5) is 22.5. The fraction of sp³-hybridized carbons (Fsp3) is 0.385. The first-order chi connectivity index (χ1) is 8.61. The summed E-state index contributed by atoms with van der Waals surface area (Å²) in [5.74, 6) is -0.155. The molecule has 2 amide bonds. The van der Waals surface area contributed by atoms with Gasteiger partial charge < -0.3 is 16.0 Å². The van der Waals surface area contributed by atoms with Gasteiger partial charge in [0.2, 0.25) is 11.8 Å². The van der Waals surface area contributed by atoms with E-state index in [1.54, 1.807) is 7.05 Å². The predicted octanol–water partition coefficient (Wildman–Crippen LogP) is 0.659. The third kappa shape index (κ3) is 5.45. The van der Waals surface area contributed by atoms with Crippen LogP contribution >= 0.6 is 0 Å². The molecule has 5 nitrogen and oxygen atoms in total. The van der Waals surface area contributed by atoms with E-state index in [0.717, 1.165) is 11.3 Å². The second-order valence-corrected chi connectivity index (χ2v) is 4.01. The van der Waals surface area contributed by atoms with E-state index in [2.05, 4.69) is 16.0 Å². The van der Waals surface area contributed by atoms with Crippen LogP contribution in [0.1, 0.15) is 12.0 Å². The highest BCUT2D eigenvalue weighted by atomic mass is 16.2. The number of amides is 2. The molecule has 0 aromatic heterocycles. The minimum Gasteiger partial charge on any atom is -0.359 e. The lowest BCUT2D eigenvalue weighted by molar-refractivity contribution is -0.121. The molecule has 0 atom stereocenters. The Kier molecular flexibility index (Phi) is 5.87. The lowest BCUT2D eigenvalue weighted by Gasteiger charge is -2.06. The van der Waals surface area contributed by atoms with Gasteiger partial charge in [0.05, 0.1) is 6.54 Å². The summed E-state index contributed by atoms with van der Waals surface area (Å²) in [6, 6.07) is 7.60. The van der Waals surface area contributed by atoms with Crippen LogP contribution in [0.2, 0.25) is 0 Å². The SMILES string of the molecule is CNC(=O)CCNCC(=O)Nc1ccc(C)cc1. The van der Waals surface area contributed by atoms with E-state index in [-0.39, 0.29) is 18.4 Å². The normalized spacial score (nSPS) is 9.89. The first kappa shape index (κ1) is 14.2. The summed E-state index contributed by atoms with van der Waals surface area (Å²) in [5, 5.41) is 8.20. The van der Waals surface area contributed by atoms with Gasteiger partial charge in [-0.3, -0.25) is 9.59 Å². The molecule has 0 bridgehead atoms. The van der Waals surface area contributed by atoms with Gasteiger partial charge in [0, 0.05) is 25.7 Å². The van der Waals surface area contributed by atoms with Crippen LogP contribution in [-0.2, 0) is 9.59 Å². The van der Waals surface area contributed by atoms with Crippen molar-refractivity contribution in [2.24, 2.45) is 0 Å². The minimum absolute atomic E-state index is 0.0403. The van der Waals surface area contributed by atoms with Crippen LogP contribution in [0.15, 0.2) is 24.3 Å². The Balaban J connectivity index is 2.21. The third-order valence-corrected chi connectivity index (χ3v) is 2.43. The van der Waals surface area contributed by atoms with E-state index in [1.165, 1.54) is 0 Å². The molecule has 0 radical (unpaired) electrons. The summed E-state index contributed by atoms with van der Waals surface area (Å²) in [6.45, 7) is 2.68. The van der Waals surface area contributed by atoms with E-state index in [9.17, 15) is 9.59 Å². The van der Waals surface area contributed by atoms with Gasteiger partial charge in [-0.1, -0.05) is 17.7 Å². The van der Waals surface area contributed by atoms with Crippen molar-refractivity contribution in [3.63, 3.8) is 0 Å². The number of rotatable bonds is 6. The molecule has 0 saturated carbocycles. The van der Waals surface area contributed by atoms with Crippen molar-refractivity contribution in [2.75, 3.05) is 25.5 Å². The van der Waals surface area contributed by atoms with Crippen LogP contribution in [0.4, 0.5) is 5.69 Å². The molecular weight excluding hydrogens is 230 g/mol. The number of nitrogens with one attached hydrogen (secondary N) is 3. The number of hydrogen-bond donors (Lipinski definition) is 3. The molecule has 0 aliphatic rings. The van der Waals surface area contributed by atoms with Crippen molar-refractivity contribution in [1.82, 2.24) is 10.6 Å². The van der Waals surface area contributed by atoms with Crippen LogP contribution in [-0.4, -0.2) is 32.0 Å². The van der Waals surface area contributed by atoms with E-state index in [4.69, 9.17) is 0 Å². The molecule has 0 aliphatic heterocycles. The second kappa shape index (κ2) is 7.45. The van der Waals surface area contributed by atoms with Crippen LogP contribution in [0.3, 0.4) is 0 Å². The predicted molar refractivity (Wildman–Crippen MR) is 71.4 cm³/mol. The second-order valence-electron chi connectivity index (χ2n) is 4.01. The van der Waals surface area contributed by atoms with Crippen LogP contribution in [0.5, 0.6) is 0 Å². The van der Waals surface area contributed by atoms with Gasteiger partial charge in [-0.2, -0.15) is 0 Å². The maximum absolute atomic E-state index is 11.5. The molecule has 5 heteroatoms. The molecule has 1 aromatic carbocycles. The minimum atomic E-state index is -0.115. The molecule has 18 heavy (non-hydrogen) atoms. The molecular formula is C13H19N3O2. The molecule has 98 valence electrons. The topological polar surface area (TPSA) is 70.2 Å². The fourth-order valence-electron chi connectivity index (χ4n) is 1.37. The highest BCUT2D eigenvalue weighted by Crippen LogP contribution is 2.07. The summed E-state index contributed by atoms with van der Waals surface area (Å²) < 4.78 is 0. The molecule has 3 N–H and O–H groups in total. The fourth-order valence-corrected chi connectivity index (χ4v) is 1.37. The Labute approximate surface area is 107 Å². The van der Waals surface area contributed by atoms with E-state index < -0.39 is 0 Å². The summed E-state index contributed by atoms with van der Waals surface area (Å²) in [7, 11) is 1.59. The first-order valence-corrected chi connectivity index (χ1v) is 5.89. The number of anilines is 1. The Hall–Kier alpha value is -1.88. The molecule has 0 saturated heterocycles. The zero-order valence-corrected chi connectivity index (χ0v) is 10.7. The highest BCUT2D eigenvalue weighted by Gasteiger charge is 2.02. The summed E-state index contributed by atoms with van der Waals surface area (Å²) >= 11 is 0. The van der Waals surface area contributed by atoms with E-state index >= 15 is 0 Å². The molecule has 1 rings (SSSR count). The maximum Gasteiger partial charge on any atom is 0.238 e. The summed E-state index contributed by atoms with van der Waals surface area (Å²) in [6.07, 6.45) is 0.369. The van der Waals surface area contributed by atoms with Crippen LogP contribution in [0.25, 0.3) is 0 Å². The Morgan fingerprint density at radius 1 is 1.11 bits per heavy atom. The van der Waals surface area contributed by atoms with Gasteiger partial charge in [0.1, 0.15) is 0 Å². The molecule has 0 heterocycles. The number of carbonyl (C=O) groups is 2.